The van der Waals surface area contributed by atoms with Crippen LogP contribution in [-0.4, -0.2) is 20.8 Å². The van der Waals surface area contributed by atoms with Crippen molar-refractivity contribution >= 4 is 11.6 Å². The van der Waals surface area contributed by atoms with Gasteiger partial charge in [0.15, 0.2) is 11.5 Å². The van der Waals surface area contributed by atoms with Crippen LogP contribution in [0.2, 0.25) is 0 Å². The molecule has 0 atom stereocenters. The van der Waals surface area contributed by atoms with Crippen LogP contribution in [0.25, 0.3) is 0 Å². The fourth-order valence-corrected chi connectivity index (χ4v) is 1.97. The van der Waals surface area contributed by atoms with Crippen molar-refractivity contribution in [1.82, 2.24) is 0 Å². The van der Waals surface area contributed by atoms with E-state index in [1.165, 1.54) is 0 Å². The van der Waals surface area contributed by atoms with E-state index < -0.39 is 0 Å². The highest BCUT2D eigenvalue weighted by molar-refractivity contribution is 6.17. The van der Waals surface area contributed by atoms with Gasteiger partial charge in [0.1, 0.15) is 0 Å². The zero-order valence-corrected chi connectivity index (χ0v) is 12.9. The van der Waals surface area contributed by atoms with Crippen molar-refractivity contribution in [3.05, 3.63) is 17.7 Å². The van der Waals surface area contributed by atoms with Gasteiger partial charge in [0, 0.05) is 5.88 Å². The summed E-state index contributed by atoms with van der Waals surface area (Å²) in [5, 5.41) is 0. The van der Waals surface area contributed by atoms with Crippen LogP contribution >= 0.6 is 11.6 Å². The summed E-state index contributed by atoms with van der Waals surface area (Å²) in [5.41, 5.74) is 0.949. The van der Waals surface area contributed by atoms with E-state index in [2.05, 4.69) is 13.8 Å². The molecular formula is C15H23ClO3. The predicted molar refractivity (Wildman–Crippen MR) is 78.7 cm³/mol. The first-order chi connectivity index (χ1) is 9.12. The highest BCUT2D eigenvalue weighted by Crippen LogP contribution is 2.39. The molecule has 0 aromatic heterocycles. The van der Waals surface area contributed by atoms with Crippen LogP contribution in [0.3, 0.4) is 0 Å². The van der Waals surface area contributed by atoms with Gasteiger partial charge in [-0.1, -0.05) is 13.8 Å². The largest absolute Gasteiger partial charge is 0.493 e. The van der Waals surface area contributed by atoms with E-state index in [4.69, 9.17) is 25.8 Å². The van der Waals surface area contributed by atoms with Gasteiger partial charge in [0.05, 0.1) is 20.8 Å². The first-order valence-corrected chi connectivity index (χ1v) is 7.09. The van der Waals surface area contributed by atoms with Crippen molar-refractivity contribution in [1.29, 1.82) is 0 Å². The lowest BCUT2D eigenvalue weighted by molar-refractivity contribution is 0.263. The minimum absolute atomic E-state index is 0.417. The van der Waals surface area contributed by atoms with Gasteiger partial charge in [0.25, 0.3) is 0 Å². The molecule has 0 fully saturated rings. The molecule has 0 aliphatic carbocycles. The maximum absolute atomic E-state index is 5.85. The maximum Gasteiger partial charge on any atom is 0.203 e. The molecule has 0 unspecified atom stereocenters. The summed E-state index contributed by atoms with van der Waals surface area (Å²) >= 11 is 5.85. The number of halogens is 1. The monoisotopic (exact) mass is 286 g/mol. The van der Waals surface area contributed by atoms with E-state index in [1.54, 1.807) is 14.2 Å². The van der Waals surface area contributed by atoms with Crippen LogP contribution in [-0.2, 0) is 5.88 Å². The van der Waals surface area contributed by atoms with Crippen molar-refractivity contribution in [2.75, 3.05) is 20.8 Å². The van der Waals surface area contributed by atoms with Gasteiger partial charge in [-0.05, 0) is 36.5 Å². The summed E-state index contributed by atoms with van der Waals surface area (Å²) in [6, 6.07) is 3.76. The molecule has 0 heterocycles. The third-order valence-electron chi connectivity index (χ3n) is 2.85. The van der Waals surface area contributed by atoms with Crippen molar-refractivity contribution in [3.8, 4) is 17.2 Å². The van der Waals surface area contributed by atoms with Crippen LogP contribution in [0, 0.1) is 5.92 Å². The van der Waals surface area contributed by atoms with E-state index in [9.17, 15) is 0 Å². The lowest BCUT2D eigenvalue weighted by atomic mass is 10.1. The van der Waals surface area contributed by atoms with Crippen LogP contribution in [0.15, 0.2) is 12.1 Å². The second-order valence-electron chi connectivity index (χ2n) is 4.85. The molecule has 0 spiro atoms. The minimum atomic E-state index is 0.417. The number of benzene rings is 1. The van der Waals surface area contributed by atoms with E-state index in [0.717, 1.165) is 18.4 Å². The molecule has 0 saturated heterocycles. The lowest BCUT2D eigenvalue weighted by Gasteiger charge is -2.16. The standard InChI is InChI=1S/C15H23ClO3/c1-11(2)6-5-7-19-15-13(17-3)8-12(10-16)9-14(15)18-4/h8-9,11H,5-7,10H2,1-4H3. The third kappa shape index (κ3) is 4.83. The van der Waals surface area contributed by atoms with E-state index in [0.29, 0.717) is 35.7 Å². The quantitative estimate of drug-likeness (QED) is 0.528. The van der Waals surface area contributed by atoms with Crippen LogP contribution < -0.4 is 14.2 Å². The Morgan fingerprint density at radius 1 is 1.11 bits per heavy atom. The molecule has 1 aromatic rings. The van der Waals surface area contributed by atoms with Crippen LogP contribution in [0.1, 0.15) is 32.3 Å². The molecule has 0 radical (unpaired) electrons. The molecule has 19 heavy (non-hydrogen) atoms. The highest BCUT2D eigenvalue weighted by atomic mass is 35.5. The fourth-order valence-electron chi connectivity index (χ4n) is 1.82. The first-order valence-electron chi connectivity index (χ1n) is 6.56. The predicted octanol–water partition coefficient (Wildman–Crippen LogP) is 4.26. The first kappa shape index (κ1) is 16.0. The van der Waals surface area contributed by atoms with Crippen molar-refractivity contribution in [3.63, 3.8) is 0 Å². The van der Waals surface area contributed by atoms with Crippen molar-refractivity contribution in [2.24, 2.45) is 5.92 Å². The number of ether oxygens (including phenoxy) is 3. The van der Waals surface area contributed by atoms with Crippen LogP contribution in [0.5, 0.6) is 17.2 Å². The second-order valence-corrected chi connectivity index (χ2v) is 5.11. The zero-order valence-electron chi connectivity index (χ0n) is 12.2. The Morgan fingerprint density at radius 3 is 2.11 bits per heavy atom. The summed E-state index contributed by atoms with van der Waals surface area (Å²) in [6.07, 6.45) is 2.16. The Labute approximate surface area is 120 Å². The highest BCUT2D eigenvalue weighted by Gasteiger charge is 2.13. The van der Waals surface area contributed by atoms with E-state index in [1.807, 2.05) is 12.1 Å². The molecular weight excluding hydrogens is 264 g/mol. The molecule has 3 nitrogen and oxygen atoms in total. The minimum Gasteiger partial charge on any atom is -0.493 e. The fraction of sp³-hybridized carbons (Fsp3) is 0.600. The molecule has 0 saturated carbocycles. The smallest absolute Gasteiger partial charge is 0.203 e. The molecule has 0 aliphatic rings. The molecule has 0 bridgehead atoms. The summed E-state index contributed by atoms with van der Waals surface area (Å²) in [6.45, 7) is 5.07. The number of hydrogen-bond donors (Lipinski definition) is 0. The van der Waals surface area contributed by atoms with E-state index >= 15 is 0 Å². The number of alkyl halides is 1. The third-order valence-corrected chi connectivity index (χ3v) is 3.16. The number of rotatable bonds is 8. The van der Waals surface area contributed by atoms with E-state index in [-0.39, 0.29) is 0 Å². The summed E-state index contributed by atoms with van der Waals surface area (Å²) in [7, 11) is 3.24. The number of methoxy groups -OCH3 is 2. The van der Waals surface area contributed by atoms with Crippen molar-refractivity contribution < 1.29 is 14.2 Å². The van der Waals surface area contributed by atoms with Gasteiger partial charge in [-0.25, -0.2) is 0 Å². The summed E-state index contributed by atoms with van der Waals surface area (Å²) in [5.74, 6) is 3.09. The molecule has 108 valence electrons. The topological polar surface area (TPSA) is 27.7 Å². The van der Waals surface area contributed by atoms with Gasteiger partial charge in [-0.2, -0.15) is 0 Å². The molecule has 1 aromatic carbocycles. The Kier molecular flexibility index (Phi) is 6.85. The molecule has 0 amide bonds. The summed E-state index contributed by atoms with van der Waals surface area (Å²) in [4.78, 5) is 0. The summed E-state index contributed by atoms with van der Waals surface area (Å²) < 4.78 is 16.5. The van der Waals surface area contributed by atoms with Gasteiger partial charge < -0.3 is 14.2 Å². The molecule has 1 rings (SSSR count). The lowest BCUT2D eigenvalue weighted by Crippen LogP contribution is -2.03. The maximum atomic E-state index is 5.85. The average molecular weight is 287 g/mol. The average Bonchev–Trinajstić information content (AvgIpc) is 2.42. The Balaban J connectivity index is 2.79. The Hall–Kier alpha value is -1.09. The zero-order chi connectivity index (χ0) is 14.3. The van der Waals surface area contributed by atoms with Crippen LogP contribution in [0.4, 0.5) is 0 Å². The second kappa shape index (κ2) is 8.16. The van der Waals surface area contributed by atoms with Gasteiger partial charge in [-0.3, -0.25) is 0 Å². The Morgan fingerprint density at radius 2 is 1.68 bits per heavy atom. The van der Waals surface area contributed by atoms with Gasteiger partial charge >= 0.3 is 0 Å². The molecule has 0 N–H and O–H groups in total. The normalized spacial score (nSPS) is 10.6. The van der Waals surface area contributed by atoms with Gasteiger partial charge in [-0.15, -0.1) is 11.6 Å². The SMILES string of the molecule is COc1cc(CCl)cc(OC)c1OCCCC(C)C. The number of hydrogen-bond acceptors (Lipinski definition) is 3. The molecule has 0 aliphatic heterocycles. The van der Waals surface area contributed by atoms with Gasteiger partial charge in [0.2, 0.25) is 5.75 Å². The van der Waals surface area contributed by atoms with Crippen molar-refractivity contribution in [2.45, 2.75) is 32.6 Å². The Bertz CT molecular complexity index is 366. The molecule has 4 heteroatoms.